The van der Waals surface area contributed by atoms with Gasteiger partial charge in [0, 0.05) is 9.79 Å². The largest absolute Gasteiger partial charge is 0.251 e. The van der Waals surface area contributed by atoms with Crippen molar-refractivity contribution in [3.05, 3.63) is 60.7 Å². The van der Waals surface area contributed by atoms with E-state index in [0.29, 0.717) is 4.38 Å². The van der Waals surface area contributed by atoms with Crippen molar-refractivity contribution in [2.75, 3.05) is 6.26 Å². The fraction of sp³-hybridized carbons (Fsp3) is 0.0714. The molecule has 0 saturated carbocycles. The third kappa shape index (κ3) is 5.40. The van der Waals surface area contributed by atoms with E-state index in [1.807, 2.05) is 60.7 Å². The van der Waals surface area contributed by atoms with Crippen molar-refractivity contribution in [3.8, 4) is 0 Å². The van der Waals surface area contributed by atoms with Gasteiger partial charge in [-0.25, -0.2) is 8.42 Å². The Balaban J connectivity index is 2.24. The molecular weight excluding hydrogens is 310 g/mol. The van der Waals surface area contributed by atoms with E-state index in [9.17, 15) is 8.42 Å². The summed E-state index contributed by atoms with van der Waals surface area (Å²) < 4.78 is 27.1. The molecule has 3 nitrogen and oxygen atoms in total. The summed E-state index contributed by atoms with van der Waals surface area (Å²) in [6.45, 7) is 0. The summed E-state index contributed by atoms with van der Waals surface area (Å²) in [5.74, 6) is 0. The molecule has 6 heteroatoms. The lowest BCUT2D eigenvalue weighted by molar-refractivity contribution is 0.604. The summed E-state index contributed by atoms with van der Waals surface area (Å²) in [4.78, 5) is 1.91. The number of hydrogen-bond acceptors (Lipinski definition) is 4. The predicted molar refractivity (Wildman–Crippen MR) is 86.9 cm³/mol. The van der Waals surface area contributed by atoms with Gasteiger partial charge in [0.1, 0.15) is 0 Å². The van der Waals surface area contributed by atoms with Gasteiger partial charge in [0.25, 0.3) is 10.0 Å². The van der Waals surface area contributed by atoms with E-state index < -0.39 is 10.0 Å². The summed E-state index contributed by atoms with van der Waals surface area (Å²) >= 11 is 2.69. The van der Waals surface area contributed by atoms with Crippen molar-refractivity contribution in [1.82, 2.24) is 0 Å². The molecule has 2 aromatic carbocycles. The molecule has 0 aliphatic carbocycles. The second kappa shape index (κ2) is 6.97. The second-order valence-electron chi connectivity index (χ2n) is 3.92. The summed E-state index contributed by atoms with van der Waals surface area (Å²) in [6, 6.07) is 19.2. The molecule has 0 aromatic heterocycles. The molecule has 0 N–H and O–H groups in total. The molecular formula is C14H13NO2S3. The maximum absolute atomic E-state index is 11.4. The number of sulfonamides is 1. The van der Waals surface area contributed by atoms with E-state index >= 15 is 0 Å². The molecule has 0 amide bonds. The minimum absolute atomic E-state index is 0.491. The van der Waals surface area contributed by atoms with Crippen LogP contribution in [0.25, 0.3) is 0 Å². The number of thioether (sulfide) groups is 2. The molecule has 0 radical (unpaired) electrons. The first-order chi connectivity index (χ1) is 9.53. The molecule has 2 aromatic rings. The highest BCUT2D eigenvalue weighted by Crippen LogP contribution is 2.31. The lowest BCUT2D eigenvalue weighted by atomic mass is 10.4. The average Bonchev–Trinajstić information content (AvgIpc) is 2.39. The SMILES string of the molecule is CS(=O)(=O)N=C(Sc1ccccc1)Sc1ccccc1. The van der Waals surface area contributed by atoms with Gasteiger partial charge in [-0.1, -0.05) is 59.9 Å². The zero-order chi connectivity index (χ0) is 14.4. The number of nitrogens with zero attached hydrogens (tertiary/aromatic N) is 1. The molecule has 0 saturated heterocycles. The van der Waals surface area contributed by atoms with Crippen molar-refractivity contribution in [2.45, 2.75) is 9.79 Å². The van der Waals surface area contributed by atoms with Gasteiger partial charge in [0.05, 0.1) is 6.26 Å². The van der Waals surface area contributed by atoms with Crippen LogP contribution in [0.2, 0.25) is 0 Å². The first-order valence-electron chi connectivity index (χ1n) is 5.79. The Morgan fingerprint density at radius 3 is 1.60 bits per heavy atom. The Morgan fingerprint density at radius 2 is 1.25 bits per heavy atom. The highest BCUT2D eigenvalue weighted by atomic mass is 32.2. The van der Waals surface area contributed by atoms with Crippen LogP contribution in [0.5, 0.6) is 0 Å². The van der Waals surface area contributed by atoms with Gasteiger partial charge in [0.2, 0.25) is 0 Å². The number of benzene rings is 2. The molecule has 104 valence electrons. The third-order valence-electron chi connectivity index (χ3n) is 2.14. The summed E-state index contributed by atoms with van der Waals surface area (Å²) in [5.41, 5.74) is 0. The Labute approximate surface area is 127 Å². The van der Waals surface area contributed by atoms with E-state index in [1.54, 1.807) is 0 Å². The zero-order valence-electron chi connectivity index (χ0n) is 10.8. The van der Waals surface area contributed by atoms with Crippen molar-refractivity contribution in [2.24, 2.45) is 4.40 Å². The molecule has 0 aliphatic heterocycles. The van der Waals surface area contributed by atoms with Crippen LogP contribution in [0.3, 0.4) is 0 Å². The van der Waals surface area contributed by atoms with Crippen molar-refractivity contribution in [3.63, 3.8) is 0 Å². The third-order valence-corrected chi connectivity index (χ3v) is 4.93. The highest BCUT2D eigenvalue weighted by Gasteiger charge is 2.09. The molecule has 0 atom stereocenters. The van der Waals surface area contributed by atoms with Crippen LogP contribution in [0.1, 0.15) is 0 Å². The lowest BCUT2D eigenvalue weighted by Crippen LogP contribution is -1.95. The molecule has 0 unspecified atom stereocenters. The predicted octanol–water partition coefficient (Wildman–Crippen LogP) is 3.89. The van der Waals surface area contributed by atoms with Crippen LogP contribution in [0, 0.1) is 0 Å². The minimum atomic E-state index is -3.42. The smallest absolute Gasteiger partial charge is 0.205 e. The van der Waals surface area contributed by atoms with Gasteiger partial charge in [0.15, 0.2) is 4.38 Å². The Bertz CT molecular complexity index is 639. The molecule has 0 bridgehead atoms. The van der Waals surface area contributed by atoms with Crippen LogP contribution in [-0.4, -0.2) is 19.0 Å². The van der Waals surface area contributed by atoms with Crippen molar-refractivity contribution >= 4 is 37.9 Å². The van der Waals surface area contributed by atoms with E-state index in [4.69, 9.17) is 0 Å². The summed E-state index contributed by atoms with van der Waals surface area (Å²) in [5, 5.41) is 0. The molecule has 20 heavy (non-hydrogen) atoms. The first kappa shape index (κ1) is 15.2. The maximum Gasteiger partial charge on any atom is 0.251 e. The Morgan fingerprint density at radius 1 is 0.850 bits per heavy atom. The lowest BCUT2D eigenvalue weighted by Gasteiger charge is -2.05. The van der Waals surface area contributed by atoms with Crippen LogP contribution >= 0.6 is 23.5 Å². The Kier molecular flexibility index (Phi) is 5.28. The van der Waals surface area contributed by atoms with Gasteiger partial charge < -0.3 is 0 Å². The fourth-order valence-corrected chi connectivity index (χ4v) is 4.49. The van der Waals surface area contributed by atoms with Gasteiger partial charge in [-0.05, 0) is 24.3 Å². The van der Waals surface area contributed by atoms with E-state index in [0.717, 1.165) is 16.0 Å². The quantitative estimate of drug-likeness (QED) is 0.488. The minimum Gasteiger partial charge on any atom is -0.205 e. The van der Waals surface area contributed by atoms with Gasteiger partial charge >= 0.3 is 0 Å². The fourth-order valence-electron chi connectivity index (χ4n) is 1.37. The molecule has 0 spiro atoms. The topological polar surface area (TPSA) is 46.5 Å². The number of rotatable bonds is 3. The summed E-state index contributed by atoms with van der Waals surface area (Å²) in [7, 11) is -3.42. The van der Waals surface area contributed by atoms with Crippen LogP contribution < -0.4 is 0 Å². The van der Waals surface area contributed by atoms with Gasteiger partial charge in [-0.3, -0.25) is 0 Å². The first-order valence-corrected chi connectivity index (χ1v) is 9.27. The van der Waals surface area contributed by atoms with Gasteiger partial charge in [-0.2, -0.15) is 0 Å². The van der Waals surface area contributed by atoms with E-state index in [1.165, 1.54) is 23.5 Å². The normalized spacial score (nSPS) is 11.1. The highest BCUT2D eigenvalue weighted by molar-refractivity contribution is 8.39. The standard InChI is InChI=1S/C14H13NO2S3/c1-20(16,17)15-14(18-12-8-4-2-5-9-12)19-13-10-6-3-7-11-13/h2-11H,1H3. The van der Waals surface area contributed by atoms with Gasteiger partial charge in [-0.15, -0.1) is 4.40 Å². The number of hydrogen-bond donors (Lipinski definition) is 0. The molecule has 0 aliphatic rings. The van der Waals surface area contributed by atoms with Crippen LogP contribution in [-0.2, 0) is 10.0 Å². The van der Waals surface area contributed by atoms with E-state index in [-0.39, 0.29) is 0 Å². The molecule has 2 rings (SSSR count). The Hall–Kier alpha value is -1.24. The monoisotopic (exact) mass is 323 g/mol. The molecule has 0 fully saturated rings. The van der Waals surface area contributed by atoms with Crippen molar-refractivity contribution < 1.29 is 8.42 Å². The summed E-state index contributed by atoms with van der Waals surface area (Å²) in [6.07, 6.45) is 1.10. The van der Waals surface area contributed by atoms with Crippen LogP contribution in [0.15, 0.2) is 74.9 Å². The average molecular weight is 323 g/mol. The van der Waals surface area contributed by atoms with E-state index in [2.05, 4.69) is 4.40 Å². The van der Waals surface area contributed by atoms with Crippen LogP contribution in [0.4, 0.5) is 0 Å². The molecule has 0 heterocycles. The maximum atomic E-state index is 11.4. The second-order valence-corrected chi connectivity index (χ2v) is 7.95. The zero-order valence-corrected chi connectivity index (χ0v) is 13.2. The van der Waals surface area contributed by atoms with Crippen molar-refractivity contribution in [1.29, 1.82) is 0 Å².